The van der Waals surface area contributed by atoms with Gasteiger partial charge in [0, 0.05) is 39.2 Å². The van der Waals surface area contributed by atoms with E-state index in [2.05, 4.69) is 26.4 Å². The van der Waals surface area contributed by atoms with Crippen LogP contribution >= 0.6 is 24.0 Å². The van der Waals surface area contributed by atoms with E-state index in [1.807, 2.05) is 19.1 Å². The predicted octanol–water partition coefficient (Wildman–Crippen LogP) is 2.65. The summed E-state index contributed by atoms with van der Waals surface area (Å²) >= 11 is 0. The van der Waals surface area contributed by atoms with Crippen LogP contribution in [0.4, 0.5) is 0 Å². The first kappa shape index (κ1) is 25.4. The number of hydrogen-bond acceptors (Lipinski definition) is 5. The van der Waals surface area contributed by atoms with E-state index in [1.54, 1.807) is 14.2 Å². The van der Waals surface area contributed by atoms with E-state index < -0.39 is 0 Å². The van der Waals surface area contributed by atoms with Crippen molar-refractivity contribution < 1.29 is 19.0 Å². The van der Waals surface area contributed by atoms with Crippen LogP contribution in [0.25, 0.3) is 0 Å². The fraction of sp³-hybridized carbons (Fsp3) is 0.579. The molecule has 27 heavy (non-hydrogen) atoms. The lowest BCUT2D eigenvalue weighted by Crippen LogP contribution is -2.37. The van der Waals surface area contributed by atoms with Gasteiger partial charge in [-0.3, -0.25) is 9.79 Å². The van der Waals surface area contributed by atoms with Gasteiger partial charge < -0.3 is 24.8 Å². The Morgan fingerprint density at radius 2 is 1.93 bits per heavy atom. The summed E-state index contributed by atoms with van der Waals surface area (Å²) in [4.78, 5) is 15.3. The van der Waals surface area contributed by atoms with Crippen LogP contribution in [0.15, 0.2) is 23.2 Å². The monoisotopic (exact) mass is 493 g/mol. The summed E-state index contributed by atoms with van der Waals surface area (Å²) in [5.74, 6) is 1.39. The van der Waals surface area contributed by atoms with Gasteiger partial charge in [-0.1, -0.05) is 12.1 Å². The van der Waals surface area contributed by atoms with Crippen molar-refractivity contribution in [2.45, 2.75) is 32.7 Å². The number of rotatable bonds is 11. The quantitative estimate of drug-likeness (QED) is 0.162. The Balaban J connectivity index is 0.00000676. The molecule has 8 heteroatoms. The molecular formula is C19H32IN3O4. The van der Waals surface area contributed by atoms with Gasteiger partial charge in [-0.15, -0.1) is 24.0 Å². The molecule has 154 valence electrons. The number of nitrogens with zero attached hydrogens (tertiary/aromatic N) is 1. The Bertz CT molecular complexity index is 582. The number of carbonyl (C=O) groups is 1. The van der Waals surface area contributed by atoms with E-state index >= 15 is 0 Å². The van der Waals surface area contributed by atoms with E-state index in [1.165, 1.54) is 7.11 Å². The van der Waals surface area contributed by atoms with Gasteiger partial charge in [0.2, 0.25) is 0 Å². The summed E-state index contributed by atoms with van der Waals surface area (Å²) < 4.78 is 15.5. The third-order valence-corrected chi connectivity index (χ3v) is 3.77. The molecule has 0 aliphatic carbocycles. The Morgan fingerprint density at radius 1 is 1.15 bits per heavy atom. The summed E-state index contributed by atoms with van der Waals surface area (Å²) in [7, 11) is 4.79. The normalized spacial score (nSPS) is 10.7. The molecule has 2 N–H and O–H groups in total. The van der Waals surface area contributed by atoms with E-state index in [9.17, 15) is 4.79 Å². The molecule has 0 aliphatic heterocycles. The van der Waals surface area contributed by atoms with Crippen LogP contribution < -0.4 is 15.4 Å². The lowest BCUT2D eigenvalue weighted by atomic mass is 10.1. The molecule has 0 heterocycles. The third kappa shape index (κ3) is 11.0. The summed E-state index contributed by atoms with van der Waals surface area (Å²) in [6.45, 7) is 4.44. The number of aryl methyl sites for hydroxylation is 1. The summed E-state index contributed by atoms with van der Waals surface area (Å²) in [5.41, 5.74) is 2.20. The number of methoxy groups -OCH3 is 2. The fourth-order valence-corrected chi connectivity index (χ4v) is 2.28. The molecular weight excluding hydrogens is 461 g/mol. The highest BCUT2D eigenvalue weighted by Gasteiger charge is 2.06. The number of aliphatic imine (C=N–C) groups is 1. The van der Waals surface area contributed by atoms with Gasteiger partial charge in [0.15, 0.2) is 5.96 Å². The molecule has 0 spiro atoms. The molecule has 1 aromatic rings. The van der Waals surface area contributed by atoms with Crippen LogP contribution in [0.1, 0.15) is 30.4 Å². The van der Waals surface area contributed by atoms with Gasteiger partial charge in [0.05, 0.1) is 13.7 Å². The largest absolute Gasteiger partial charge is 0.491 e. The van der Waals surface area contributed by atoms with Crippen LogP contribution in [-0.4, -0.2) is 53.0 Å². The number of carbonyl (C=O) groups excluding carboxylic acids is 1. The fourth-order valence-electron chi connectivity index (χ4n) is 2.28. The average molecular weight is 493 g/mol. The summed E-state index contributed by atoms with van der Waals surface area (Å²) in [5, 5.41) is 6.52. The molecule has 0 fully saturated rings. The Morgan fingerprint density at radius 3 is 2.59 bits per heavy atom. The van der Waals surface area contributed by atoms with Crippen LogP contribution in [0.3, 0.4) is 0 Å². The number of hydrogen-bond donors (Lipinski definition) is 2. The minimum absolute atomic E-state index is 0. The van der Waals surface area contributed by atoms with Crippen LogP contribution in [0, 0.1) is 6.92 Å². The van der Waals surface area contributed by atoms with Gasteiger partial charge in [-0.2, -0.15) is 0 Å². The first-order valence-corrected chi connectivity index (χ1v) is 8.83. The maximum atomic E-state index is 11.1. The van der Waals surface area contributed by atoms with Gasteiger partial charge in [0.1, 0.15) is 12.4 Å². The van der Waals surface area contributed by atoms with E-state index in [4.69, 9.17) is 9.47 Å². The van der Waals surface area contributed by atoms with Gasteiger partial charge in [-0.25, -0.2) is 0 Å². The van der Waals surface area contributed by atoms with Crippen molar-refractivity contribution >= 4 is 35.9 Å². The van der Waals surface area contributed by atoms with Crippen molar-refractivity contribution in [3.63, 3.8) is 0 Å². The molecule has 1 aromatic carbocycles. The van der Waals surface area contributed by atoms with E-state index in [0.29, 0.717) is 32.1 Å². The summed E-state index contributed by atoms with van der Waals surface area (Å²) in [6, 6.07) is 6.13. The molecule has 0 saturated heterocycles. The molecule has 0 aliphatic rings. The molecule has 0 saturated carbocycles. The first-order chi connectivity index (χ1) is 12.6. The minimum Gasteiger partial charge on any atom is -0.491 e. The summed E-state index contributed by atoms with van der Waals surface area (Å²) in [6.07, 6.45) is 2.09. The van der Waals surface area contributed by atoms with Crippen molar-refractivity contribution in [2.24, 2.45) is 4.99 Å². The van der Waals surface area contributed by atoms with Crippen LogP contribution in [0.2, 0.25) is 0 Å². The number of ether oxygens (including phenoxy) is 3. The molecule has 0 bridgehead atoms. The first-order valence-electron chi connectivity index (χ1n) is 8.83. The SMILES string of the molecule is CN=C(NCCCCC(=O)OC)NCc1ccc(C)cc1OCCOC.I. The zero-order chi connectivity index (χ0) is 19.2. The van der Waals surface area contributed by atoms with Crippen LogP contribution in [0.5, 0.6) is 5.75 Å². The van der Waals surface area contributed by atoms with E-state index in [-0.39, 0.29) is 29.9 Å². The lowest BCUT2D eigenvalue weighted by molar-refractivity contribution is -0.140. The molecule has 0 atom stereocenters. The highest BCUT2D eigenvalue weighted by molar-refractivity contribution is 14.0. The Kier molecular flexibility index (Phi) is 14.6. The van der Waals surface area contributed by atoms with Gasteiger partial charge >= 0.3 is 5.97 Å². The number of unbranched alkanes of at least 4 members (excludes halogenated alkanes) is 1. The van der Waals surface area contributed by atoms with Crippen molar-refractivity contribution in [3.8, 4) is 5.75 Å². The zero-order valence-electron chi connectivity index (χ0n) is 16.7. The molecule has 0 unspecified atom stereocenters. The van der Waals surface area contributed by atoms with Crippen molar-refractivity contribution in [2.75, 3.05) is 41.0 Å². The van der Waals surface area contributed by atoms with Gasteiger partial charge in [-0.05, 0) is 31.4 Å². The average Bonchev–Trinajstić information content (AvgIpc) is 2.65. The molecule has 1 rings (SSSR count). The number of benzene rings is 1. The second kappa shape index (κ2) is 15.5. The molecule has 0 amide bonds. The van der Waals surface area contributed by atoms with Crippen molar-refractivity contribution in [1.29, 1.82) is 0 Å². The predicted molar refractivity (Wildman–Crippen MR) is 118 cm³/mol. The van der Waals surface area contributed by atoms with Crippen LogP contribution in [-0.2, 0) is 20.8 Å². The highest BCUT2D eigenvalue weighted by atomic mass is 127. The topological polar surface area (TPSA) is 81.2 Å². The molecule has 0 radical (unpaired) electrons. The lowest BCUT2D eigenvalue weighted by Gasteiger charge is -2.15. The zero-order valence-corrected chi connectivity index (χ0v) is 19.0. The molecule has 0 aromatic heterocycles. The third-order valence-electron chi connectivity index (χ3n) is 3.77. The second-order valence-electron chi connectivity index (χ2n) is 5.84. The standard InChI is InChI=1S/C19H31N3O4.HI/c1-15-8-9-16(17(13-15)26-12-11-24-3)14-22-19(20-2)21-10-6-5-7-18(23)25-4;/h8-9,13H,5-7,10-12,14H2,1-4H3,(H2,20,21,22);1H. The maximum Gasteiger partial charge on any atom is 0.305 e. The van der Waals surface area contributed by atoms with Crippen molar-refractivity contribution in [1.82, 2.24) is 10.6 Å². The van der Waals surface area contributed by atoms with Crippen molar-refractivity contribution in [3.05, 3.63) is 29.3 Å². The minimum atomic E-state index is -0.173. The van der Waals surface area contributed by atoms with Gasteiger partial charge in [0.25, 0.3) is 0 Å². The maximum absolute atomic E-state index is 11.1. The van der Waals surface area contributed by atoms with E-state index in [0.717, 1.165) is 36.3 Å². The second-order valence-corrected chi connectivity index (χ2v) is 5.84. The smallest absolute Gasteiger partial charge is 0.305 e. The molecule has 7 nitrogen and oxygen atoms in total. The Hall–Kier alpha value is -1.55. The number of guanidine groups is 1. The number of esters is 1. The number of nitrogens with one attached hydrogen (secondary N) is 2. The number of halogens is 1. The highest BCUT2D eigenvalue weighted by Crippen LogP contribution is 2.20. The Labute approximate surface area is 179 Å².